The van der Waals surface area contributed by atoms with E-state index in [0.717, 1.165) is 0 Å². The first kappa shape index (κ1) is 36.0. The van der Waals surface area contributed by atoms with Crippen molar-refractivity contribution in [2.45, 2.75) is 20.8 Å². The molecule has 0 unspecified atom stereocenters. The van der Waals surface area contributed by atoms with E-state index < -0.39 is 0 Å². The van der Waals surface area contributed by atoms with Gasteiger partial charge in [0.15, 0.2) is 0 Å². The molecule has 0 aromatic rings. The van der Waals surface area contributed by atoms with Crippen LogP contribution in [0.3, 0.4) is 0 Å². The van der Waals surface area contributed by atoms with Gasteiger partial charge in [0, 0.05) is 0 Å². The Morgan fingerprint density at radius 2 is 1.00 bits per heavy atom. The Morgan fingerprint density at radius 3 is 1.00 bits per heavy atom. The molecule has 0 spiro atoms. The van der Waals surface area contributed by atoms with Crippen LogP contribution in [0.2, 0.25) is 0 Å². The summed E-state index contributed by atoms with van der Waals surface area (Å²) in [5.74, 6) is 0. The van der Waals surface area contributed by atoms with Crippen molar-refractivity contribution in [3.63, 3.8) is 0 Å². The van der Waals surface area contributed by atoms with Crippen LogP contribution in [0, 0.1) is 0 Å². The third-order valence-corrected chi connectivity index (χ3v) is 1.34. The Kier molecular flexibility index (Phi) is 88.3. The molecule has 0 bridgehead atoms. The maximum atomic E-state index is 2.38. The predicted octanol–water partition coefficient (Wildman–Crippen LogP) is -7.88. The fraction of sp³-hybridized carbons (Fsp3) is 1.00. The monoisotopic (exact) mass is 237 g/mol. The fourth-order valence-corrected chi connectivity index (χ4v) is 0.671. The predicted molar refractivity (Wildman–Crippen MR) is 38.4 cm³/mol. The van der Waals surface area contributed by atoms with Gasteiger partial charge in [-0.1, -0.05) is 20.8 Å². The van der Waals surface area contributed by atoms with E-state index in [9.17, 15) is 0 Å². The number of rotatable bonds is 3. The number of hydrogen-bond donors (Lipinski definition) is 0. The average molecular weight is 237 g/mol. The molecule has 0 saturated heterocycles. The van der Waals surface area contributed by atoms with Gasteiger partial charge >= 0.3 is 132 Å². The van der Waals surface area contributed by atoms with E-state index in [2.05, 4.69) is 25.7 Å². The minimum Gasteiger partial charge on any atom is -1.00 e. The zero-order valence-corrected chi connectivity index (χ0v) is 17.7. The molecule has 0 aliphatic heterocycles. The van der Waals surface area contributed by atoms with E-state index in [0.29, 0.717) is 0 Å². The van der Waals surface area contributed by atoms with Crippen molar-refractivity contribution in [2.75, 3.05) is 19.6 Å². The first-order valence-electron chi connectivity index (χ1n) is 3.07. The van der Waals surface area contributed by atoms with Crippen LogP contribution >= 0.6 is 0 Å². The molecule has 0 aliphatic rings. The maximum Gasteiger partial charge on any atom is 1.00 e. The van der Waals surface area contributed by atoms with Crippen LogP contribution in [0.5, 0.6) is 0 Å². The Bertz CT molecular complexity index is 50.1. The van der Waals surface area contributed by atoms with Crippen LogP contribution in [-0.2, 0) is 0 Å². The minimum atomic E-state index is 0. The summed E-state index contributed by atoms with van der Waals surface area (Å²) in [4.78, 5) is 2.38. The van der Waals surface area contributed by atoms with Crippen molar-refractivity contribution in [2.24, 2.45) is 0 Å². The van der Waals surface area contributed by atoms with Crippen molar-refractivity contribution < 1.29 is 145 Å². The van der Waals surface area contributed by atoms with Crippen LogP contribution in [0.1, 0.15) is 22.2 Å². The van der Waals surface area contributed by atoms with Crippen molar-refractivity contribution in [1.82, 2.24) is 4.90 Å². The molecule has 0 radical (unpaired) electrons. The van der Waals surface area contributed by atoms with Crippen LogP contribution in [0.15, 0.2) is 0 Å². The zero-order valence-electron chi connectivity index (χ0n) is 10.5. The summed E-state index contributed by atoms with van der Waals surface area (Å²) in [6, 6.07) is 0. The van der Waals surface area contributed by atoms with Crippen LogP contribution in [0.25, 0.3) is 0 Å². The van der Waals surface area contributed by atoms with E-state index in [1.807, 2.05) is 0 Å². The first-order valence-corrected chi connectivity index (χ1v) is 3.07. The standard InChI is InChI=1S/C6H15N.2K.Na.2H2O.H/c1-4-7(5-2)6-3;;;;;;/h4-6H2,1-3H3;;;;2*1H2;/q;3*+1;;;-1/p-2. The summed E-state index contributed by atoms with van der Waals surface area (Å²) < 4.78 is 0. The Hall–Kier alpha value is 4.15. The van der Waals surface area contributed by atoms with Crippen LogP contribution in [-0.4, -0.2) is 35.5 Å². The molecular formula is C6H18K2NNaO2. The van der Waals surface area contributed by atoms with Gasteiger partial charge in [0.1, 0.15) is 0 Å². The molecule has 0 fully saturated rings. The van der Waals surface area contributed by atoms with E-state index in [4.69, 9.17) is 0 Å². The molecular weight excluding hydrogens is 219 g/mol. The summed E-state index contributed by atoms with van der Waals surface area (Å²) in [7, 11) is 0. The maximum absolute atomic E-state index is 2.38. The second-order valence-corrected chi connectivity index (χ2v) is 1.62. The number of hydrogen-bond acceptors (Lipinski definition) is 3. The fourth-order valence-electron chi connectivity index (χ4n) is 0.671. The van der Waals surface area contributed by atoms with E-state index in [1.165, 1.54) is 19.6 Å². The SMILES string of the molecule is CCN(CC)CC.[H-].[K+].[K+].[Na+].[OH-].[OH-]. The van der Waals surface area contributed by atoms with Gasteiger partial charge in [-0.3, -0.25) is 0 Å². The molecule has 0 heterocycles. The third kappa shape index (κ3) is 23.8. The van der Waals surface area contributed by atoms with E-state index in [-0.39, 0.29) is 145 Å². The van der Waals surface area contributed by atoms with Crippen molar-refractivity contribution >= 4 is 0 Å². The number of nitrogens with zero attached hydrogens (tertiary/aromatic N) is 1. The molecule has 0 saturated carbocycles. The van der Waals surface area contributed by atoms with Crippen LogP contribution < -0.4 is 132 Å². The summed E-state index contributed by atoms with van der Waals surface area (Å²) >= 11 is 0. The normalized spacial score (nSPS) is 6.00. The van der Waals surface area contributed by atoms with Gasteiger partial charge in [0.05, 0.1) is 0 Å². The second-order valence-electron chi connectivity index (χ2n) is 1.62. The Labute approximate surface area is 185 Å². The third-order valence-electron chi connectivity index (χ3n) is 1.34. The molecule has 12 heavy (non-hydrogen) atoms. The molecule has 3 nitrogen and oxygen atoms in total. The summed E-state index contributed by atoms with van der Waals surface area (Å²) in [6.07, 6.45) is 0. The first-order chi connectivity index (χ1) is 3.35. The molecule has 2 N–H and O–H groups in total. The van der Waals surface area contributed by atoms with Crippen LogP contribution in [0.4, 0.5) is 0 Å². The largest absolute Gasteiger partial charge is 1.00 e. The van der Waals surface area contributed by atoms with Gasteiger partial charge in [0.2, 0.25) is 0 Å². The van der Waals surface area contributed by atoms with Crippen molar-refractivity contribution in [1.29, 1.82) is 0 Å². The quantitative estimate of drug-likeness (QED) is 0.458. The Balaban J connectivity index is -0.0000000120. The molecule has 0 aliphatic carbocycles. The van der Waals surface area contributed by atoms with E-state index >= 15 is 0 Å². The van der Waals surface area contributed by atoms with Gasteiger partial charge in [0.25, 0.3) is 0 Å². The molecule has 0 aromatic carbocycles. The van der Waals surface area contributed by atoms with Crippen molar-refractivity contribution in [3.8, 4) is 0 Å². The van der Waals surface area contributed by atoms with Gasteiger partial charge in [-0.25, -0.2) is 0 Å². The minimum absolute atomic E-state index is 0. The smallest absolute Gasteiger partial charge is 1.00 e. The van der Waals surface area contributed by atoms with Gasteiger partial charge in [-0.05, 0) is 19.6 Å². The molecule has 0 aromatic heterocycles. The van der Waals surface area contributed by atoms with E-state index in [1.54, 1.807) is 0 Å². The summed E-state index contributed by atoms with van der Waals surface area (Å²) in [5.41, 5.74) is 0. The Morgan fingerprint density at radius 1 is 0.833 bits per heavy atom. The van der Waals surface area contributed by atoms with Gasteiger partial charge in [-0.15, -0.1) is 0 Å². The summed E-state index contributed by atoms with van der Waals surface area (Å²) in [6.45, 7) is 10.1. The second kappa shape index (κ2) is 29.4. The average Bonchev–Trinajstić information content (AvgIpc) is 1.72. The van der Waals surface area contributed by atoms with Gasteiger partial charge < -0.3 is 17.3 Å². The molecule has 0 amide bonds. The summed E-state index contributed by atoms with van der Waals surface area (Å²) in [5, 5.41) is 0. The molecule has 6 heteroatoms. The molecule has 0 rings (SSSR count). The molecule has 62 valence electrons. The zero-order chi connectivity index (χ0) is 5.70. The topological polar surface area (TPSA) is 63.2 Å². The molecule has 0 atom stereocenters. The van der Waals surface area contributed by atoms with Gasteiger partial charge in [-0.2, -0.15) is 0 Å². The van der Waals surface area contributed by atoms with Crippen molar-refractivity contribution in [3.05, 3.63) is 0 Å².